The molecule has 1 fully saturated rings. The molecular weight excluding hydrogens is 401 g/mol. The summed E-state index contributed by atoms with van der Waals surface area (Å²) < 4.78 is 0. The van der Waals surface area contributed by atoms with E-state index in [-0.39, 0.29) is 17.1 Å². The van der Waals surface area contributed by atoms with Gasteiger partial charge in [-0.1, -0.05) is 40.9 Å². The van der Waals surface area contributed by atoms with Crippen molar-refractivity contribution >= 4 is 58.2 Å². The number of benzene rings is 2. The van der Waals surface area contributed by atoms with E-state index in [1.807, 2.05) is 0 Å². The van der Waals surface area contributed by atoms with Crippen molar-refractivity contribution in [2.45, 2.75) is 12.5 Å². The number of hydrazine groups is 1. The van der Waals surface area contributed by atoms with Crippen LogP contribution in [0.25, 0.3) is 0 Å². The Labute approximate surface area is 164 Å². The molecule has 0 spiro atoms. The van der Waals surface area contributed by atoms with Gasteiger partial charge in [0.1, 0.15) is 6.04 Å². The molecule has 1 saturated heterocycles. The van der Waals surface area contributed by atoms with Gasteiger partial charge in [0.05, 0.1) is 17.1 Å². The monoisotopic (exact) mass is 411 g/mol. The molecule has 0 aliphatic carbocycles. The van der Waals surface area contributed by atoms with Gasteiger partial charge in [0.25, 0.3) is 11.8 Å². The Morgan fingerprint density at radius 3 is 2.46 bits per heavy atom. The van der Waals surface area contributed by atoms with Crippen LogP contribution in [-0.4, -0.2) is 23.8 Å². The van der Waals surface area contributed by atoms with Gasteiger partial charge in [-0.15, -0.1) is 0 Å². The SMILES string of the molecule is O=C(NNC1CC(=O)N(c2ccc(Cl)cc2Cl)C1=O)c1cccc(Cl)c1. The van der Waals surface area contributed by atoms with Crippen LogP contribution in [0.1, 0.15) is 16.8 Å². The van der Waals surface area contributed by atoms with Crippen molar-refractivity contribution in [3.05, 3.63) is 63.1 Å². The minimum absolute atomic E-state index is 0.117. The average molecular weight is 413 g/mol. The van der Waals surface area contributed by atoms with Gasteiger partial charge in [0.2, 0.25) is 5.91 Å². The summed E-state index contributed by atoms with van der Waals surface area (Å²) in [6.07, 6.45) is -0.117. The molecule has 134 valence electrons. The average Bonchev–Trinajstić information content (AvgIpc) is 2.87. The number of amides is 3. The first-order valence-electron chi connectivity index (χ1n) is 7.50. The highest BCUT2D eigenvalue weighted by Gasteiger charge is 2.40. The van der Waals surface area contributed by atoms with E-state index in [0.717, 1.165) is 4.90 Å². The van der Waals surface area contributed by atoms with Crippen molar-refractivity contribution in [1.82, 2.24) is 10.9 Å². The molecule has 2 aromatic carbocycles. The summed E-state index contributed by atoms with van der Waals surface area (Å²) in [5.41, 5.74) is 5.57. The van der Waals surface area contributed by atoms with E-state index < -0.39 is 23.8 Å². The van der Waals surface area contributed by atoms with Gasteiger partial charge in [0.15, 0.2) is 0 Å². The molecule has 3 rings (SSSR count). The van der Waals surface area contributed by atoms with Crippen LogP contribution in [0.3, 0.4) is 0 Å². The van der Waals surface area contributed by atoms with E-state index >= 15 is 0 Å². The van der Waals surface area contributed by atoms with Crippen LogP contribution >= 0.6 is 34.8 Å². The lowest BCUT2D eigenvalue weighted by atomic mass is 10.2. The second kappa shape index (κ2) is 7.63. The van der Waals surface area contributed by atoms with Gasteiger partial charge in [0, 0.05) is 15.6 Å². The number of carbonyl (C=O) groups excluding carboxylic acids is 3. The molecule has 1 aliphatic rings. The third-order valence-corrected chi connectivity index (χ3v) is 4.52. The summed E-state index contributed by atoms with van der Waals surface area (Å²) in [5, 5.41) is 0.984. The van der Waals surface area contributed by atoms with Crippen LogP contribution in [0.5, 0.6) is 0 Å². The Kier molecular flexibility index (Phi) is 5.48. The van der Waals surface area contributed by atoms with Crippen molar-refractivity contribution in [2.75, 3.05) is 4.90 Å². The highest BCUT2D eigenvalue weighted by atomic mass is 35.5. The third kappa shape index (κ3) is 3.83. The van der Waals surface area contributed by atoms with Crippen molar-refractivity contribution in [3.63, 3.8) is 0 Å². The largest absolute Gasteiger partial charge is 0.287 e. The summed E-state index contributed by atoms with van der Waals surface area (Å²) in [5.74, 6) is -1.44. The Hall–Kier alpha value is -2.12. The molecule has 2 N–H and O–H groups in total. The highest BCUT2D eigenvalue weighted by Crippen LogP contribution is 2.32. The molecule has 0 aromatic heterocycles. The van der Waals surface area contributed by atoms with Crippen molar-refractivity contribution in [2.24, 2.45) is 0 Å². The molecule has 1 atom stereocenters. The number of hydrogen-bond donors (Lipinski definition) is 2. The molecule has 1 heterocycles. The van der Waals surface area contributed by atoms with Gasteiger partial charge < -0.3 is 0 Å². The Bertz CT molecular complexity index is 904. The van der Waals surface area contributed by atoms with E-state index in [1.54, 1.807) is 18.2 Å². The van der Waals surface area contributed by atoms with Crippen molar-refractivity contribution in [1.29, 1.82) is 0 Å². The molecule has 26 heavy (non-hydrogen) atoms. The van der Waals surface area contributed by atoms with E-state index in [9.17, 15) is 14.4 Å². The topological polar surface area (TPSA) is 78.5 Å². The maximum atomic E-state index is 12.5. The highest BCUT2D eigenvalue weighted by molar-refractivity contribution is 6.38. The lowest BCUT2D eigenvalue weighted by Crippen LogP contribution is -2.48. The molecule has 6 nitrogen and oxygen atoms in total. The predicted molar refractivity (Wildman–Crippen MR) is 99.4 cm³/mol. The second-order valence-electron chi connectivity index (χ2n) is 5.53. The number of halogens is 3. The molecule has 3 amide bonds. The Balaban J connectivity index is 1.70. The molecule has 0 saturated carbocycles. The first-order valence-corrected chi connectivity index (χ1v) is 8.63. The maximum absolute atomic E-state index is 12.5. The quantitative estimate of drug-likeness (QED) is 0.597. The fourth-order valence-corrected chi connectivity index (χ4v) is 3.20. The number of hydrogen-bond acceptors (Lipinski definition) is 4. The van der Waals surface area contributed by atoms with E-state index in [2.05, 4.69) is 10.9 Å². The van der Waals surface area contributed by atoms with Gasteiger partial charge in [-0.2, -0.15) is 0 Å². The third-order valence-electron chi connectivity index (χ3n) is 3.74. The van der Waals surface area contributed by atoms with E-state index in [0.29, 0.717) is 15.6 Å². The van der Waals surface area contributed by atoms with Crippen LogP contribution < -0.4 is 15.8 Å². The van der Waals surface area contributed by atoms with Crippen LogP contribution in [0, 0.1) is 0 Å². The number of anilines is 1. The maximum Gasteiger partial charge on any atom is 0.265 e. The number of nitrogens with one attached hydrogen (secondary N) is 2. The Morgan fingerprint density at radius 1 is 1.04 bits per heavy atom. The van der Waals surface area contributed by atoms with Crippen LogP contribution in [0.4, 0.5) is 5.69 Å². The molecule has 1 aliphatic heterocycles. The number of carbonyl (C=O) groups is 3. The van der Waals surface area contributed by atoms with E-state index in [1.165, 1.54) is 24.3 Å². The zero-order valence-electron chi connectivity index (χ0n) is 13.1. The summed E-state index contributed by atoms with van der Waals surface area (Å²) in [6.45, 7) is 0. The lowest BCUT2D eigenvalue weighted by Gasteiger charge is -2.17. The molecule has 1 unspecified atom stereocenters. The molecule has 9 heteroatoms. The number of imide groups is 1. The fraction of sp³-hybridized carbons (Fsp3) is 0.118. The molecule has 0 bridgehead atoms. The smallest absolute Gasteiger partial charge is 0.265 e. The first kappa shape index (κ1) is 18.7. The summed E-state index contributed by atoms with van der Waals surface area (Å²) in [4.78, 5) is 37.9. The Morgan fingerprint density at radius 2 is 1.77 bits per heavy atom. The predicted octanol–water partition coefficient (Wildman–Crippen LogP) is 3.21. The van der Waals surface area contributed by atoms with Gasteiger partial charge in [-0.05, 0) is 36.4 Å². The van der Waals surface area contributed by atoms with Crippen molar-refractivity contribution < 1.29 is 14.4 Å². The normalized spacial score (nSPS) is 16.9. The summed E-state index contributed by atoms with van der Waals surface area (Å²) >= 11 is 17.8. The zero-order chi connectivity index (χ0) is 18.8. The van der Waals surface area contributed by atoms with Crippen LogP contribution in [-0.2, 0) is 9.59 Å². The lowest BCUT2D eigenvalue weighted by molar-refractivity contribution is -0.121. The fourth-order valence-electron chi connectivity index (χ4n) is 2.51. The van der Waals surface area contributed by atoms with Crippen LogP contribution in [0.15, 0.2) is 42.5 Å². The molecule has 0 radical (unpaired) electrons. The summed E-state index contributed by atoms with van der Waals surface area (Å²) in [6, 6.07) is 9.89. The number of rotatable bonds is 4. The minimum atomic E-state index is -0.905. The second-order valence-corrected chi connectivity index (χ2v) is 6.81. The minimum Gasteiger partial charge on any atom is -0.287 e. The van der Waals surface area contributed by atoms with Gasteiger partial charge in [-0.3, -0.25) is 19.8 Å². The standard InChI is InChI=1S/C17H12Cl3N3O3/c18-10-3-1-2-9(6-10)16(25)22-21-13-8-15(24)23(17(13)26)14-5-4-11(19)7-12(14)20/h1-7,13,21H,8H2,(H,22,25). The van der Waals surface area contributed by atoms with Crippen molar-refractivity contribution in [3.8, 4) is 0 Å². The van der Waals surface area contributed by atoms with E-state index in [4.69, 9.17) is 34.8 Å². The molecular formula is C17H12Cl3N3O3. The summed E-state index contributed by atoms with van der Waals surface area (Å²) in [7, 11) is 0. The first-order chi connectivity index (χ1) is 12.4. The van der Waals surface area contributed by atoms with Gasteiger partial charge in [-0.25, -0.2) is 10.3 Å². The molecule has 2 aromatic rings. The van der Waals surface area contributed by atoms with Crippen LogP contribution in [0.2, 0.25) is 15.1 Å². The number of nitrogens with zero attached hydrogens (tertiary/aromatic N) is 1. The zero-order valence-corrected chi connectivity index (χ0v) is 15.4. The van der Waals surface area contributed by atoms with Gasteiger partial charge >= 0.3 is 0 Å².